The van der Waals surface area contributed by atoms with Gasteiger partial charge < -0.3 is 14.8 Å². The lowest BCUT2D eigenvalue weighted by Crippen LogP contribution is -2.15. The van der Waals surface area contributed by atoms with Gasteiger partial charge in [-0.05, 0) is 48.0 Å². The summed E-state index contributed by atoms with van der Waals surface area (Å²) in [6.07, 6.45) is 0. The van der Waals surface area contributed by atoms with Crippen molar-refractivity contribution in [2.45, 2.75) is 6.61 Å². The van der Waals surface area contributed by atoms with Crippen LogP contribution in [0.2, 0.25) is 10.0 Å². The Morgan fingerprint density at radius 3 is 2.38 bits per heavy atom. The summed E-state index contributed by atoms with van der Waals surface area (Å²) in [5.41, 5.74) is 1.97. The Hall–Kier alpha value is -3.02. The number of carbonyl (C=O) groups excluding carboxylic acids is 2. The fraction of sp³-hybridized carbons (Fsp3) is 0.0909. The van der Waals surface area contributed by atoms with Gasteiger partial charge in [-0.3, -0.25) is 4.79 Å². The normalized spacial score (nSPS) is 10.3. The number of halogens is 2. The summed E-state index contributed by atoms with van der Waals surface area (Å²) in [4.78, 5) is 24.3. The van der Waals surface area contributed by atoms with Crippen molar-refractivity contribution < 1.29 is 19.1 Å². The number of hydrogen-bond donors (Lipinski definition) is 1. The molecule has 0 heterocycles. The van der Waals surface area contributed by atoms with Crippen molar-refractivity contribution in [2.24, 2.45) is 0 Å². The van der Waals surface area contributed by atoms with E-state index < -0.39 is 5.97 Å². The first kappa shape index (κ1) is 20.7. The zero-order valence-corrected chi connectivity index (χ0v) is 17.0. The maximum Gasteiger partial charge on any atom is 0.339 e. The number of benzene rings is 3. The summed E-state index contributed by atoms with van der Waals surface area (Å²) in [5, 5.41) is 3.69. The Morgan fingerprint density at radius 2 is 1.69 bits per heavy atom. The summed E-state index contributed by atoms with van der Waals surface area (Å²) in [6, 6.07) is 18.6. The van der Waals surface area contributed by atoms with Gasteiger partial charge >= 0.3 is 5.97 Å². The van der Waals surface area contributed by atoms with Crippen LogP contribution in [-0.2, 0) is 11.3 Å². The molecule has 148 valence electrons. The Labute approximate surface area is 178 Å². The zero-order valence-electron chi connectivity index (χ0n) is 15.4. The average Bonchev–Trinajstić information content (AvgIpc) is 2.73. The van der Waals surface area contributed by atoms with Gasteiger partial charge in [-0.25, -0.2) is 4.79 Å². The van der Waals surface area contributed by atoms with E-state index in [4.69, 9.17) is 32.7 Å². The van der Waals surface area contributed by atoms with E-state index in [9.17, 15) is 9.59 Å². The fourth-order valence-corrected chi connectivity index (χ4v) is 3.04. The molecule has 1 N–H and O–H groups in total. The summed E-state index contributed by atoms with van der Waals surface area (Å²) in [6.45, 7) is 0.286. The Bertz CT molecular complexity index is 1040. The van der Waals surface area contributed by atoms with Gasteiger partial charge in [-0.2, -0.15) is 0 Å². The first-order valence-corrected chi connectivity index (χ1v) is 9.39. The van der Waals surface area contributed by atoms with E-state index in [0.717, 1.165) is 5.56 Å². The second kappa shape index (κ2) is 9.45. The lowest BCUT2D eigenvalue weighted by atomic mass is 10.1. The van der Waals surface area contributed by atoms with Crippen LogP contribution >= 0.6 is 23.2 Å². The second-order valence-electron chi connectivity index (χ2n) is 6.05. The predicted octanol–water partition coefficient (Wildman–Crippen LogP) is 5.61. The molecule has 3 aromatic carbocycles. The van der Waals surface area contributed by atoms with Crippen LogP contribution in [0.15, 0.2) is 66.7 Å². The molecule has 0 saturated carbocycles. The summed E-state index contributed by atoms with van der Waals surface area (Å²) in [5.74, 6) is -0.332. The predicted molar refractivity (Wildman–Crippen MR) is 113 cm³/mol. The zero-order chi connectivity index (χ0) is 20.8. The molecule has 0 atom stereocenters. The number of ether oxygens (including phenoxy) is 2. The monoisotopic (exact) mass is 429 g/mol. The Balaban J connectivity index is 1.66. The highest BCUT2D eigenvalue weighted by molar-refractivity contribution is 6.35. The first-order chi connectivity index (χ1) is 14.0. The van der Waals surface area contributed by atoms with Crippen LogP contribution in [-0.4, -0.2) is 19.0 Å². The van der Waals surface area contributed by atoms with E-state index in [2.05, 4.69) is 5.32 Å². The lowest BCUT2D eigenvalue weighted by molar-refractivity contribution is 0.0602. The highest BCUT2D eigenvalue weighted by atomic mass is 35.5. The number of nitrogens with one attached hydrogen (secondary N) is 1. The van der Waals surface area contributed by atoms with Crippen LogP contribution in [0, 0.1) is 0 Å². The molecule has 0 saturated heterocycles. The van der Waals surface area contributed by atoms with Gasteiger partial charge in [0.05, 0.1) is 23.4 Å². The number of amides is 1. The smallest absolute Gasteiger partial charge is 0.339 e. The van der Waals surface area contributed by atoms with Gasteiger partial charge in [-0.15, -0.1) is 0 Å². The van der Waals surface area contributed by atoms with Crippen molar-refractivity contribution in [2.75, 3.05) is 12.4 Å². The van der Waals surface area contributed by atoms with Crippen LogP contribution in [0.3, 0.4) is 0 Å². The third kappa shape index (κ3) is 5.28. The molecule has 3 aromatic rings. The summed E-state index contributed by atoms with van der Waals surface area (Å²) < 4.78 is 10.4. The van der Waals surface area contributed by atoms with E-state index >= 15 is 0 Å². The van der Waals surface area contributed by atoms with Gasteiger partial charge in [0.1, 0.15) is 12.4 Å². The van der Waals surface area contributed by atoms with Gasteiger partial charge in [0.15, 0.2) is 0 Å². The molecule has 0 spiro atoms. The first-order valence-electron chi connectivity index (χ1n) is 8.63. The van der Waals surface area contributed by atoms with Crippen LogP contribution < -0.4 is 10.1 Å². The van der Waals surface area contributed by atoms with Gasteiger partial charge in [0.2, 0.25) is 0 Å². The minimum absolute atomic E-state index is 0.285. The molecule has 0 aliphatic carbocycles. The number of esters is 1. The SMILES string of the molecule is COC(=O)c1ccccc1NC(=O)c1ccc(COc2ccc(Cl)cc2Cl)cc1. The molecule has 3 rings (SSSR count). The highest BCUT2D eigenvalue weighted by Crippen LogP contribution is 2.28. The van der Waals surface area contributed by atoms with Gasteiger partial charge in [-0.1, -0.05) is 47.5 Å². The lowest BCUT2D eigenvalue weighted by Gasteiger charge is -2.11. The molecule has 29 heavy (non-hydrogen) atoms. The molecule has 1 amide bonds. The molecule has 0 aliphatic heterocycles. The van der Waals surface area contributed by atoms with Crippen LogP contribution in [0.25, 0.3) is 0 Å². The summed E-state index contributed by atoms with van der Waals surface area (Å²) >= 11 is 12.0. The van der Waals surface area contributed by atoms with Crippen LogP contribution in [0.1, 0.15) is 26.3 Å². The molecule has 0 aromatic heterocycles. The van der Waals surface area contributed by atoms with E-state index in [0.29, 0.717) is 27.0 Å². The number of rotatable bonds is 6. The van der Waals surface area contributed by atoms with E-state index in [1.54, 1.807) is 66.7 Å². The molecule has 0 fully saturated rings. The largest absolute Gasteiger partial charge is 0.487 e. The fourth-order valence-electron chi connectivity index (χ4n) is 2.58. The van der Waals surface area contributed by atoms with Crippen LogP contribution in [0.4, 0.5) is 5.69 Å². The van der Waals surface area contributed by atoms with E-state index in [1.165, 1.54) is 7.11 Å². The third-order valence-corrected chi connectivity index (χ3v) is 4.62. The van der Waals surface area contributed by atoms with Crippen molar-refractivity contribution in [1.29, 1.82) is 0 Å². The number of para-hydroxylation sites is 1. The molecule has 5 nitrogen and oxygen atoms in total. The maximum absolute atomic E-state index is 12.5. The average molecular weight is 430 g/mol. The standard InChI is InChI=1S/C22H17Cl2NO4/c1-28-22(27)17-4-2-3-5-19(17)25-21(26)15-8-6-14(7-9-15)13-29-20-11-10-16(23)12-18(20)24/h2-12H,13H2,1H3,(H,25,26). The number of anilines is 1. The number of methoxy groups -OCH3 is 1. The van der Waals surface area contributed by atoms with Crippen molar-refractivity contribution in [1.82, 2.24) is 0 Å². The van der Waals surface area contributed by atoms with Crippen molar-refractivity contribution in [3.63, 3.8) is 0 Å². The third-order valence-electron chi connectivity index (χ3n) is 4.08. The number of carbonyl (C=O) groups is 2. The topological polar surface area (TPSA) is 64.6 Å². The summed E-state index contributed by atoms with van der Waals surface area (Å²) in [7, 11) is 1.29. The van der Waals surface area contributed by atoms with Crippen molar-refractivity contribution >= 4 is 40.8 Å². The van der Waals surface area contributed by atoms with Gasteiger partial charge in [0.25, 0.3) is 5.91 Å². The van der Waals surface area contributed by atoms with Gasteiger partial charge in [0, 0.05) is 10.6 Å². The Morgan fingerprint density at radius 1 is 0.966 bits per heavy atom. The van der Waals surface area contributed by atoms with Crippen LogP contribution in [0.5, 0.6) is 5.75 Å². The maximum atomic E-state index is 12.5. The quantitative estimate of drug-likeness (QED) is 0.517. The molecule has 7 heteroatoms. The Kier molecular flexibility index (Phi) is 6.75. The van der Waals surface area contributed by atoms with Crippen molar-refractivity contribution in [3.05, 3.63) is 93.5 Å². The highest BCUT2D eigenvalue weighted by Gasteiger charge is 2.14. The molecular weight excluding hydrogens is 413 g/mol. The molecule has 0 bridgehead atoms. The molecular formula is C22H17Cl2NO4. The van der Waals surface area contributed by atoms with E-state index in [-0.39, 0.29) is 18.1 Å². The molecule has 0 aliphatic rings. The minimum atomic E-state index is -0.519. The molecule has 0 unspecified atom stereocenters. The minimum Gasteiger partial charge on any atom is -0.487 e. The van der Waals surface area contributed by atoms with Crippen molar-refractivity contribution in [3.8, 4) is 5.75 Å². The molecule has 0 radical (unpaired) electrons. The van der Waals surface area contributed by atoms with E-state index in [1.807, 2.05) is 0 Å². The number of hydrogen-bond acceptors (Lipinski definition) is 4. The second-order valence-corrected chi connectivity index (χ2v) is 6.90.